The lowest BCUT2D eigenvalue weighted by molar-refractivity contribution is 0.212. The highest BCUT2D eigenvalue weighted by Gasteiger charge is 2.23. The summed E-state index contributed by atoms with van der Waals surface area (Å²) in [5.74, 6) is 0.927. The molecule has 1 fully saturated rings. The number of hydrogen-bond donors (Lipinski definition) is 1. The van der Waals surface area contributed by atoms with Crippen molar-refractivity contribution in [3.05, 3.63) is 42.1 Å². The van der Waals surface area contributed by atoms with Crippen molar-refractivity contribution in [3.8, 4) is 0 Å². The lowest BCUT2D eigenvalue weighted by Gasteiger charge is -2.26. The van der Waals surface area contributed by atoms with Crippen molar-refractivity contribution < 1.29 is 8.81 Å². The molecule has 3 aromatic rings. The minimum absolute atomic E-state index is 0.302. The van der Waals surface area contributed by atoms with Gasteiger partial charge >= 0.3 is 0 Å². The Morgan fingerprint density at radius 3 is 3.00 bits per heavy atom. The standard InChI is InChI=1S/C19H23FN6O/c1-25(12-18-22-8-6-17(21)24-18)14-3-2-9-26(10-7-14)19-23-15-11-13(20)4-5-16(15)27-19/h4-6,8,11,14H,2-3,7,9-10,12H2,1H3,(H2,21,22,24)/t14-/m1/s1. The summed E-state index contributed by atoms with van der Waals surface area (Å²) in [5.41, 5.74) is 6.92. The van der Waals surface area contributed by atoms with Crippen molar-refractivity contribution in [2.24, 2.45) is 0 Å². The van der Waals surface area contributed by atoms with E-state index < -0.39 is 0 Å². The fourth-order valence-corrected chi connectivity index (χ4v) is 3.58. The molecule has 0 unspecified atom stereocenters. The monoisotopic (exact) mass is 370 g/mol. The molecule has 0 spiro atoms. The summed E-state index contributed by atoms with van der Waals surface area (Å²) in [6.07, 6.45) is 4.77. The second-order valence-corrected chi connectivity index (χ2v) is 6.99. The predicted octanol–water partition coefficient (Wildman–Crippen LogP) is 2.83. The number of hydrogen-bond acceptors (Lipinski definition) is 7. The predicted molar refractivity (Wildman–Crippen MR) is 102 cm³/mol. The number of anilines is 2. The van der Waals surface area contributed by atoms with E-state index in [1.165, 1.54) is 12.1 Å². The third kappa shape index (κ3) is 4.00. The molecule has 7 nitrogen and oxygen atoms in total. The SMILES string of the molecule is CN(Cc1nccc(N)n1)[C@@H]1CCCN(c2nc3cc(F)ccc3o2)CC1. The minimum Gasteiger partial charge on any atom is -0.423 e. The van der Waals surface area contributed by atoms with Crippen LogP contribution in [0.1, 0.15) is 25.1 Å². The van der Waals surface area contributed by atoms with E-state index in [9.17, 15) is 4.39 Å². The molecule has 0 amide bonds. The molecule has 0 saturated carbocycles. The zero-order chi connectivity index (χ0) is 18.8. The first kappa shape index (κ1) is 17.7. The van der Waals surface area contributed by atoms with Crippen molar-refractivity contribution in [1.82, 2.24) is 19.9 Å². The van der Waals surface area contributed by atoms with Crippen LogP contribution in [0.5, 0.6) is 0 Å². The smallest absolute Gasteiger partial charge is 0.298 e. The molecule has 4 rings (SSSR count). The van der Waals surface area contributed by atoms with Crippen molar-refractivity contribution >= 4 is 22.9 Å². The average molecular weight is 370 g/mol. The topological polar surface area (TPSA) is 84.3 Å². The maximum atomic E-state index is 13.4. The number of aromatic nitrogens is 3. The number of oxazole rings is 1. The Morgan fingerprint density at radius 1 is 1.26 bits per heavy atom. The van der Waals surface area contributed by atoms with Crippen LogP contribution in [0.3, 0.4) is 0 Å². The van der Waals surface area contributed by atoms with E-state index in [4.69, 9.17) is 10.2 Å². The number of nitrogens with zero attached hydrogens (tertiary/aromatic N) is 5. The van der Waals surface area contributed by atoms with E-state index in [1.54, 1.807) is 18.3 Å². The molecule has 27 heavy (non-hydrogen) atoms. The van der Waals surface area contributed by atoms with Gasteiger partial charge in [-0.2, -0.15) is 4.98 Å². The van der Waals surface area contributed by atoms with Gasteiger partial charge in [-0.05, 0) is 44.5 Å². The molecular weight excluding hydrogens is 347 g/mol. The summed E-state index contributed by atoms with van der Waals surface area (Å²) in [7, 11) is 2.09. The quantitative estimate of drug-likeness (QED) is 0.756. The van der Waals surface area contributed by atoms with Gasteiger partial charge in [0.05, 0.1) is 6.54 Å². The first-order valence-corrected chi connectivity index (χ1v) is 9.17. The molecule has 1 aromatic carbocycles. The van der Waals surface area contributed by atoms with Crippen molar-refractivity contribution in [3.63, 3.8) is 0 Å². The average Bonchev–Trinajstić information content (AvgIpc) is 2.89. The number of fused-ring (bicyclic) bond motifs is 1. The van der Waals surface area contributed by atoms with Crippen molar-refractivity contribution in [1.29, 1.82) is 0 Å². The normalized spacial score (nSPS) is 18.2. The molecular formula is C19H23FN6O. The Hall–Kier alpha value is -2.74. The first-order valence-electron chi connectivity index (χ1n) is 9.17. The van der Waals surface area contributed by atoms with Gasteiger partial charge in [-0.15, -0.1) is 0 Å². The maximum Gasteiger partial charge on any atom is 0.298 e. The van der Waals surface area contributed by atoms with Gasteiger partial charge in [-0.1, -0.05) is 0 Å². The van der Waals surface area contributed by atoms with E-state index >= 15 is 0 Å². The highest BCUT2D eigenvalue weighted by atomic mass is 19.1. The van der Waals surface area contributed by atoms with Gasteiger partial charge in [0, 0.05) is 31.4 Å². The van der Waals surface area contributed by atoms with E-state index in [1.807, 2.05) is 0 Å². The first-order chi connectivity index (χ1) is 13.1. The fourth-order valence-electron chi connectivity index (χ4n) is 3.58. The molecule has 2 aromatic heterocycles. The van der Waals surface area contributed by atoms with Gasteiger partial charge in [0.1, 0.15) is 23.0 Å². The molecule has 1 aliphatic rings. The van der Waals surface area contributed by atoms with Crippen molar-refractivity contribution in [2.75, 3.05) is 30.8 Å². The van der Waals surface area contributed by atoms with Gasteiger partial charge in [-0.3, -0.25) is 4.90 Å². The molecule has 142 valence electrons. The second kappa shape index (κ2) is 7.48. The zero-order valence-corrected chi connectivity index (χ0v) is 15.3. The Morgan fingerprint density at radius 2 is 2.15 bits per heavy atom. The zero-order valence-electron chi connectivity index (χ0n) is 15.3. The number of nitrogen functional groups attached to an aromatic ring is 1. The molecule has 0 aliphatic carbocycles. The number of halogens is 1. The highest BCUT2D eigenvalue weighted by Crippen LogP contribution is 2.26. The molecule has 0 radical (unpaired) electrons. The van der Waals surface area contributed by atoms with Crippen molar-refractivity contribution in [2.45, 2.75) is 31.8 Å². The van der Waals surface area contributed by atoms with Crippen LogP contribution in [-0.2, 0) is 6.54 Å². The summed E-state index contributed by atoms with van der Waals surface area (Å²) in [6, 6.07) is 7.10. The van der Waals surface area contributed by atoms with Crippen LogP contribution in [0, 0.1) is 5.82 Å². The third-order valence-corrected chi connectivity index (χ3v) is 5.05. The molecule has 2 N–H and O–H groups in total. The summed E-state index contributed by atoms with van der Waals surface area (Å²) < 4.78 is 19.2. The van der Waals surface area contributed by atoms with Crippen LogP contribution in [0.4, 0.5) is 16.2 Å². The van der Waals surface area contributed by atoms with Crippen LogP contribution in [0.25, 0.3) is 11.1 Å². The Labute approximate surface area is 157 Å². The van der Waals surface area contributed by atoms with Gasteiger partial charge < -0.3 is 15.1 Å². The van der Waals surface area contributed by atoms with Gasteiger partial charge in [0.2, 0.25) is 0 Å². The van der Waals surface area contributed by atoms with E-state index in [0.29, 0.717) is 35.5 Å². The number of benzene rings is 1. The summed E-state index contributed by atoms with van der Waals surface area (Å²) >= 11 is 0. The Bertz CT molecular complexity index is 929. The maximum absolute atomic E-state index is 13.4. The second-order valence-electron chi connectivity index (χ2n) is 6.99. The number of rotatable bonds is 4. The van der Waals surface area contributed by atoms with E-state index in [0.717, 1.165) is 38.2 Å². The molecule has 0 bridgehead atoms. The Kier molecular flexibility index (Phi) is 4.89. The van der Waals surface area contributed by atoms with Crippen LogP contribution in [-0.4, -0.2) is 46.0 Å². The molecule has 1 aliphatic heterocycles. The number of nitrogens with two attached hydrogens (primary N) is 1. The summed E-state index contributed by atoms with van der Waals surface area (Å²) in [6.45, 7) is 2.37. The lowest BCUT2D eigenvalue weighted by atomic mass is 10.1. The molecule has 8 heteroatoms. The van der Waals surface area contributed by atoms with Gasteiger partial charge in [0.25, 0.3) is 6.01 Å². The third-order valence-electron chi connectivity index (χ3n) is 5.05. The van der Waals surface area contributed by atoms with Crippen LogP contribution in [0.15, 0.2) is 34.9 Å². The lowest BCUT2D eigenvalue weighted by Crippen LogP contribution is -2.33. The Balaban J connectivity index is 1.42. The molecule has 1 saturated heterocycles. The van der Waals surface area contributed by atoms with Crippen LogP contribution >= 0.6 is 0 Å². The fraction of sp³-hybridized carbons (Fsp3) is 0.421. The summed E-state index contributed by atoms with van der Waals surface area (Å²) in [5, 5.41) is 0. The minimum atomic E-state index is -0.302. The van der Waals surface area contributed by atoms with E-state index in [-0.39, 0.29) is 5.82 Å². The summed E-state index contributed by atoms with van der Waals surface area (Å²) in [4.78, 5) is 17.5. The van der Waals surface area contributed by atoms with Gasteiger partial charge in [0.15, 0.2) is 5.58 Å². The molecule has 1 atom stereocenters. The highest BCUT2D eigenvalue weighted by molar-refractivity contribution is 5.74. The largest absolute Gasteiger partial charge is 0.423 e. The van der Waals surface area contributed by atoms with Crippen LogP contribution < -0.4 is 10.6 Å². The van der Waals surface area contributed by atoms with Crippen LogP contribution in [0.2, 0.25) is 0 Å². The molecule has 3 heterocycles. The van der Waals surface area contributed by atoms with Gasteiger partial charge in [-0.25, -0.2) is 14.4 Å². The van der Waals surface area contributed by atoms with E-state index in [2.05, 4.69) is 31.8 Å².